The third-order valence-electron chi connectivity index (χ3n) is 3.24. The highest BCUT2D eigenvalue weighted by atomic mass is 16.3. The van der Waals surface area contributed by atoms with Gasteiger partial charge in [0, 0.05) is 13.2 Å². The summed E-state index contributed by atoms with van der Waals surface area (Å²) in [6, 6.07) is 3.26. The Kier molecular flexibility index (Phi) is 3.28. The number of hydrogen-bond donors (Lipinski definition) is 3. The lowest BCUT2D eigenvalue weighted by molar-refractivity contribution is 0.0936. The topological polar surface area (TPSA) is 88.2 Å². The second kappa shape index (κ2) is 4.71. The fourth-order valence-corrected chi connectivity index (χ4v) is 1.83. The average Bonchev–Trinajstić information content (AvgIpc) is 3.08. The third-order valence-corrected chi connectivity index (χ3v) is 3.24. The molecule has 1 aliphatic rings. The highest BCUT2D eigenvalue weighted by Crippen LogP contribution is 2.47. The van der Waals surface area contributed by atoms with Gasteiger partial charge in [-0.25, -0.2) is 4.98 Å². The summed E-state index contributed by atoms with van der Waals surface area (Å²) < 4.78 is 0. The van der Waals surface area contributed by atoms with Crippen LogP contribution < -0.4 is 11.1 Å². The normalized spacial score (nSPS) is 16.5. The maximum absolute atomic E-state index is 11.8. The predicted molar refractivity (Wildman–Crippen MR) is 64.4 cm³/mol. The molecule has 5 nitrogen and oxygen atoms in total. The summed E-state index contributed by atoms with van der Waals surface area (Å²) in [7, 11) is 0. The van der Waals surface area contributed by atoms with E-state index in [4.69, 9.17) is 10.8 Å². The first-order valence-electron chi connectivity index (χ1n) is 5.76. The summed E-state index contributed by atoms with van der Waals surface area (Å²) in [6.45, 7) is 0.786. The Bertz CT molecular complexity index is 399. The summed E-state index contributed by atoms with van der Waals surface area (Å²) in [4.78, 5) is 15.7. The molecule has 5 heteroatoms. The average molecular weight is 235 g/mol. The number of nitrogen functional groups attached to an aromatic ring is 1. The van der Waals surface area contributed by atoms with Crippen LogP contribution >= 0.6 is 0 Å². The molecule has 2 rings (SSSR count). The highest BCUT2D eigenvalue weighted by Gasteiger charge is 2.41. The molecule has 92 valence electrons. The number of aromatic nitrogens is 1. The van der Waals surface area contributed by atoms with Crippen LogP contribution in [0.15, 0.2) is 18.3 Å². The Hall–Kier alpha value is -1.62. The lowest BCUT2D eigenvalue weighted by atomic mass is 10.0. The number of carbonyl (C=O) groups excluding carboxylic acids is 1. The first-order valence-corrected chi connectivity index (χ1v) is 5.76. The molecule has 1 aliphatic carbocycles. The first kappa shape index (κ1) is 11.9. The van der Waals surface area contributed by atoms with Gasteiger partial charge in [0.15, 0.2) is 0 Å². The van der Waals surface area contributed by atoms with Crippen molar-refractivity contribution < 1.29 is 9.90 Å². The molecule has 4 N–H and O–H groups in total. The Morgan fingerprint density at radius 2 is 2.29 bits per heavy atom. The number of nitrogens with zero attached hydrogens (tertiary/aromatic N) is 1. The summed E-state index contributed by atoms with van der Waals surface area (Å²) in [5.41, 5.74) is 6.54. The van der Waals surface area contributed by atoms with Crippen molar-refractivity contribution in [1.82, 2.24) is 10.3 Å². The summed E-state index contributed by atoms with van der Waals surface area (Å²) >= 11 is 0. The van der Waals surface area contributed by atoms with Crippen LogP contribution in [0.1, 0.15) is 29.8 Å². The van der Waals surface area contributed by atoms with Crippen molar-refractivity contribution in [2.24, 2.45) is 5.41 Å². The van der Waals surface area contributed by atoms with Crippen molar-refractivity contribution in [1.29, 1.82) is 0 Å². The number of rotatable bonds is 5. The van der Waals surface area contributed by atoms with Crippen LogP contribution in [0.5, 0.6) is 0 Å². The Morgan fingerprint density at radius 1 is 1.53 bits per heavy atom. The van der Waals surface area contributed by atoms with E-state index < -0.39 is 0 Å². The van der Waals surface area contributed by atoms with Gasteiger partial charge in [0.1, 0.15) is 5.69 Å². The van der Waals surface area contributed by atoms with Crippen molar-refractivity contribution >= 4 is 11.6 Å². The minimum atomic E-state index is -0.186. The van der Waals surface area contributed by atoms with E-state index in [1.165, 1.54) is 6.20 Å². The van der Waals surface area contributed by atoms with Gasteiger partial charge in [0.25, 0.3) is 5.91 Å². The molecule has 0 atom stereocenters. The van der Waals surface area contributed by atoms with Gasteiger partial charge in [-0.1, -0.05) is 0 Å². The van der Waals surface area contributed by atoms with Gasteiger partial charge in [0.2, 0.25) is 0 Å². The van der Waals surface area contributed by atoms with Crippen LogP contribution in [0.2, 0.25) is 0 Å². The Labute approximate surface area is 100 Å². The Morgan fingerprint density at radius 3 is 2.82 bits per heavy atom. The van der Waals surface area contributed by atoms with E-state index in [9.17, 15) is 4.79 Å². The monoisotopic (exact) mass is 235 g/mol. The van der Waals surface area contributed by atoms with E-state index in [1.54, 1.807) is 12.1 Å². The first-order chi connectivity index (χ1) is 8.15. The SMILES string of the molecule is Nc1ccc(C(=O)NCC2(CCO)CC2)nc1. The largest absolute Gasteiger partial charge is 0.397 e. The van der Waals surface area contributed by atoms with Gasteiger partial charge < -0.3 is 16.2 Å². The predicted octanol–water partition coefficient (Wildman–Crippen LogP) is 0.556. The van der Waals surface area contributed by atoms with Gasteiger partial charge in [-0.05, 0) is 36.8 Å². The summed E-state index contributed by atoms with van der Waals surface area (Å²) in [6.07, 6.45) is 4.37. The number of pyridine rings is 1. The lowest BCUT2D eigenvalue weighted by Gasteiger charge is -2.14. The number of nitrogens with one attached hydrogen (secondary N) is 1. The fourth-order valence-electron chi connectivity index (χ4n) is 1.83. The zero-order valence-electron chi connectivity index (χ0n) is 9.65. The molecule has 1 aromatic rings. The van der Waals surface area contributed by atoms with Gasteiger partial charge in [-0.2, -0.15) is 0 Å². The van der Waals surface area contributed by atoms with Crippen LogP contribution in [0.4, 0.5) is 5.69 Å². The number of aliphatic hydroxyl groups is 1. The minimum absolute atomic E-state index is 0.123. The Balaban J connectivity index is 1.87. The van der Waals surface area contributed by atoms with Crippen LogP contribution in [0.25, 0.3) is 0 Å². The summed E-state index contributed by atoms with van der Waals surface area (Å²) in [5.74, 6) is -0.186. The van der Waals surface area contributed by atoms with Crippen molar-refractivity contribution in [2.45, 2.75) is 19.3 Å². The molecule has 17 heavy (non-hydrogen) atoms. The van der Waals surface area contributed by atoms with Gasteiger partial charge in [-0.3, -0.25) is 4.79 Å². The number of aliphatic hydroxyl groups excluding tert-OH is 1. The maximum atomic E-state index is 11.8. The van der Waals surface area contributed by atoms with Crippen molar-refractivity contribution in [3.8, 4) is 0 Å². The molecule has 0 aliphatic heterocycles. The van der Waals surface area contributed by atoms with E-state index in [0.29, 0.717) is 17.9 Å². The highest BCUT2D eigenvalue weighted by molar-refractivity contribution is 5.92. The molecular weight excluding hydrogens is 218 g/mol. The number of nitrogens with two attached hydrogens (primary N) is 1. The molecule has 0 bridgehead atoms. The lowest BCUT2D eigenvalue weighted by Crippen LogP contribution is -2.31. The van der Waals surface area contributed by atoms with Crippen molar-refractivity contribution in [3.63, 3.8) is 0 Å². The molecule has 0 radical (unpaired) electrons. The molecule has 0 aromatic carbocycles. The zero-order chi connectivity index (χ0) is 12.3. The van der Waals surface area contributed by atoms with E-state index in [0.717, 1.165) is 19.3 Å². The molecule has 1 heterocycles. The second-order valence-corrected chi connectivity index (χ2v) is 4.63. The molecule has 1 amide bonds. The molecular formula is C12H17N3O2. The van der Waals surface area contributed by atoms with Gasteiger partial charge in [-0.15, -0.1) is 0 Å². The molecule has 0 unspecified atom stereocenters. The smallest absolute Gasteiger partial charge is 0.269 e. The molecule has 0 saturated heterocycles. The molecule has 1 saturated carbocycles. The van der Waals surface area contributed by atoms with E-state index in [2.05, 4.69) is 10.3 Å². The zero-order valence-corrected chi connectivity index (χ0v) is 9.65. The van der Waals surface area contributed by atoms with Crippen molar-refractivity contribution in [3.05, 3.63) is 24.0 Å². The quantitative estimate of drug-likeness (QED) is 0.695. The third kappa shape index (κ3) is 2.94. The van der Waals surface area contributed by atoms with E-state index in [1.807, 2.05) is 0 Å². The van der Waals surface area contributed by atoms with Crippen LogP contribution in [-0.2, 0) is 0 Å². The number of amides is 1. The van der Waals surface area contributed by atoms with E-state index in [-0.39, 0.29) is 17.9 Å². The number of carbonyl (C=O) groups is 1. The van der Waals surface area contributed by atoms with Crippen LogP contribution in [0, 0.1) is 5.41 Å². The maximum Gasteiger partial charge on any atom is 0.269 e. The molecule has 0 spiro atoms. The summed E-state index contributed by atoms with van der Waals surface area (Å²) in [5, 5.41) is 11.8. The fraction of sp³-hybridized carbons (Fsp3) is 0.500. The number of anilines is 1. The number of hydrogen-bond acceptors (Lipinski definition) is 4. The van der Waals surface area contributed by atoms with Crippen molar-refractivity contribution in [2.75, 3.05) is 18.9 Å². The standard InChI is InChI=1S/C12H17N3O2/c13-9-1-2-10(14-7-9)11(17)15-8-12(3-4-12)5-6-16/h1-2,7,16H,3-6,8,13H2,(H,15,17). The van der Waals surface area contributed by atoms with E-state index >= 15 is 0 Å². The minimum Gasteiger partial charge on any atom is -0.397 e. The van der Waals surface area contributed by atoms with Crippen LogP contribution in [-0.4, -0.2) is 29.1 Å². The van der Waals surface area contributed by atoms with Gasteiger partial charge >= 0.3 is 0 Å². The molecule has 1 aromatic heterocycles. The molecule has 1 fully saturated rings. The van der Waals surface area contributed by atoms with Crippen LogP contribution in [0.3, 0.4) is 0 Å². The van der Waals surface area contributed by atoms with Gasteiger partial charge in [0.05, 0.1) is 11.9 Å². The second-order valence-electron chi connectivity index (χ2n) is 4.63.